The van der Waals surface area contributed by atoms with Gasteiger partial charge in [0.05, 0.1) is 12.0 Å². The van der Waals surface area contributed by atoms with E-state index in [0.29, 0.717) is 0 Å². The van der Waals surface area contributed by atoms with Gasteiger partial charge in [0.25, 0.3) is 0 Å². The van der Waals surface area contributed by atoms with E-state index >= 15 is 0 Å². The predicted molar refractivity (Wildman–Crippen MR) is 44.7 cm³/mol. The summed E-state index contributed by atoms with van der Waals surface area (Å²) in [6.07, 6.45) is 0. The second-order valence-corrected chi connectivity index (χ2v) is 2.22. The fraction of sp³-hybridized carbons (Fsp3) is 0.143. The van der Waals surface area contributed by atoms with Crippen molar-refractivity contribution in [2.75, 3.05) is 7.05 Å². The molecule has 68 valence electrons. The van der Waals surface area contributed by atoms with Gasteiger partial charge in [0.2, 0.25) is 0 Å². The molecule has 0 aromatic heterocycles. The third-order valence-electron chi connectivity index (χ3n) is 1.47. The van der Waals surface area contributed by atoms with Gasteiger partial charge < -0.3 is 5.21 Å². The molecule has 0 aliphatic carbocycles. The molecule has 0 saturated heterocycles. The minimum atomic E-state index is -0.620. The molecule has 0 atom stereocenters. The minimum Gasteiger partial charge on any atom is -0.594 e. The lowest BCUT2D eigenvalue weighted by molar-refractivity contribution is -0.457. The van der Waals surface area contributed by atoms with Crippen LogP contribution in [0.2, 0.25) is 0 Å². The highest BCUT2D eigenvalue weighted by Gasteiger charge is 2.19. The van der Waals surface area contributed by atoms with Crippen molar-refractivity contribution in [2.45, 2.75) is 0 Å². The Kier molecular flexibility index (Phi) is 2.53. The average Bonchev–Trinajstić information content (AvgIpc) is 2.16. The number of para-hydroxylation sites is 2. The van der Waals surface area contributed by atoms with E-state index in [9.17, 15) is 15.3 Å². The largest absolute Gasteiger partial charge is 0.594 e. The highest BCUT2D eigenvalue weighted by atomic mass is 16.6. The Labute approximate surface area is 73.9 Å². The maximum Gasteiger partial charge on any atom is 0.343 e. The summed E-state index contributed by atoms with van der Waals surface area (Å²) in [6, 6.07) is 5.63. The molecule has 0 fully saturated rings. The summed E-state index contributed by atoms with van der Waals surface area (Å²) in [5, 5.41) is 24.7. The SMILES string of the molecule is CN=[N+]([O-])c1ccccc1[N+](=O)[O-]. The summed E-state index contributed by atoms with van der Waals surface area (Å²) in [4.78, 5) is 10.0. The molecule has 1 aromatic rings. The van der Waals surface area contributed by atoms with E-state index in [-0.39, 0.29) is 16.2 Å². The third-order valence-corrected chi connectivity index (χ3v) is 1.47. The zero-order valence-corrected chi connectivity index (χ0v) is 6.88. The van der Waals surface area contributed by atoms with Crippen LogP contribution in [0.15, 0.2) is 29.4 Å². The third kappa shape index (κ3) is 1.78. The lowest BCUT2D eigenvalue weighted by atomic mass is 10.3. The van der Waals surface area contributed by atoms with Gasteiger partial charge in [-0.1, -0.05) is 12.1 Å². The summed E-state index contributed by atoms with van der Waals surface area (Å²) >= 11 is 0. The number of azo groups is 1. The van der Waals surface area contributed by atoms with E-state index in [1.807, 2.05) is 0 Å². The summed E-state index contributed by atoms with van der Waals surface area (Å²) in [5.74, 6) is 0. The van der Waals surface area contributed by atoms with E-state index in [2.05, 4.69) is 5.11 Å². The molecule has 6 heteroatoms. The van der Waals surface area contributed by atoms with Crippen LogP contribution in [-0.2, 0) is 0 Å². The molecule has 13 heavy (non-hydrogen) atoms. The number of rotatable bonds is 2. The van der Waals surface area contributed by atoms with E-state index in [1.54, 1.807) is 6.07 Å². The van der Waals surface area contributed by atoms with Crippen molar-refractivity contribution in [1.29, 1.82) is 0 Å². The normalized spacial score (nSPS) is 11.3. The molecule has 0 unspecified atom stereocenters. The minimum absolute atomic E-state index is 0.0602. The van der Waals surface area contributed by atoms with Gasteiger partial charge >= 0.3 is 11.4 Å². The lowest BCUT2D eigenvalue weighted by Crippen LogP contribution is -1.96. The molecule has 0 radical (unpaired) electrons. The van der Waals surface area contributed by atoms with Crippen molar-refractivity contribution in [3.8, 4) is 0 Å². The highest BCUT2D eigenvalue weighted by Crippen LogP contribution is 2.25. The second-order valence-electron chi connectivity index (χ2n) is 2.22. The van der Waals surface area contributed by atoms with Crippen molar-refractivity contribution < 1.29 is 9.78 Å². The maximum atomic E-state index is 11.0. The van der Waals surface area contributed by atoms with Crippen LogP contribution in [0.25, 0.3) is 0 Å². The first-order valence-electron chi connectivity index (χ1n) is 3.47. The number of hydrogen-bond donors (Lipinski definition) is 0. The Morgan fingerprint density at radius 3 is 2.23 bits per heavy atom. The summed E-state index contributed by atoms with van der Waals surface area (Å²) < 4.78 is 0. The summed E-state index contributed by atoms with van der Waals surface area (Å²) in [6.45, 7) is 0. The standard InChI is InChI=1S/C7H7N3O3/c1-8-9(11)6-4-2-3-5-7(6)10(12)13/h2-5H,1H3. The predicted octanol–water partition coefficient (Wildman–Crippen LogP) is 1.82. The molecule has 6 nitrogen and oxygen atoms in total. The zero-order valence-electron chi connectivity index (χ0n) is 6.88. The first kappa shape index (κ1) is 9.11. The van der Waals surface area contributed by atoms with Gasteiger partial charge in [0.1, 0.15) is 0 Å². The van der Waals surface area contributed by atoms with E-state index in [1.165, 1.54) is 25.2 Å². The molecule has 1 rings (SSSR count). The van der Waals surface area contributed by atoms with Gasteiger partial charge in [-0.3, -0.25) is 10.1 Å². The van der Waals surface area contributed by atoms with Crippen LogP contribution in [0.5, 0.6) is 0 Å². The van der Waals surface area contributed by atoms with Crippen LogP contribution in [0.3, 0.4) is 0 Å². The van der Waals surface area contributed by atoms with Crippen molar-refractivity contribution in [3.63, 3.8) is 0 Å². The fourth-order valence-corrected chi connectivity index (χ4v) is 0.888. The van der Waals surface area contributed by atoms with Crippen LogP contribution in [0, 0.1) is 15.3 Å². The first-order chi connectivity index (χ1) is 6.16. The molecule has 0 aliphatic rings. The van der Waals surface area contributed by atoms with Crippen molar-refractivity contribution in [1.82, 2.24) is 0 Å². The quantitative estimate of drug-likeness (QED) is 0.302. The van der Waals surface area contributed by atoms with Gasteiger partial charge in [-0.15, -0.1) is 0 Å². The van der Waals surface area contributed by atoms with Crippen LogP contribution in [-0.4, -0.2) is 16.8 Å². The molecule has 0 saturated carbocycles. The number of nitro benzene ring substituents is 1. The van der Waals surface area contributed by atoms with Gasteiger partial charge in [0, 0.05) is 12.1 Å². The molecule has 0 spiro atoms. The molecule has 1 aromatic carbocycles. The highest BCUT2D eigenvalue weighted by molar-refractivity contribution is 5.51. The average molecular weight is 181 g/mol. The van der Waals surface area contributed by atoms with Gasteiger partial charge in [-0.25, -0.2) is 0 Å². The van der Waals surface area contributed by atoms with Crippen molar-refractivity contribution in [2.24, 2.45) is 5.11 Å². The molecular formula is C7H7N3O3. The van der Waals surface area contributed by atoms with Crippen LogP contribution in [0.4, 0.5) is 11.4 Å². The van der Waals surface area contributed by atoms with E-state index in [0.717, 1.165) is 0 Å². The number of benzene rings is 1. The Bertz CT molecular complexity index is 362. The van der Waals surface area contributed by atoms with Crippen LogP contribution < -0.4 is 0 Å². The van der Waals surface area contributed by atoms with Crippen molar-refractivity contribution in [3.05, 3.63) is 39.6 Å². The topological polar surface area (TPSA) is 81.6 Å². The van der Waals surface area contributed by atoms with Gasteiger partial charge in [0.15, 0.2) is 0 Å². The summed E-state index contributed by atoms with van der Waals surface area (Å²) in [5.41, 5.74) is -0.307. The Hall–Kier alpha value is -1.98. The number of nitro groups is 1. The smallest absolute Gasteiger partial charge is 0.343 e. The van der Waals surface area contributed by atoms with Crippen LogP contribution >= 0.6 is 0 Å². The van der Waals surface area contributed by atoms with E-state index in [4.69, 9.17) is 0 Å². The van der Waals surface area contributed by atoms with Gasteiger partial charge in [-0.2, -0.15) is 0 Å². The zero-order chi connectivity index (χ0) is 9.84. The van der Waals surface area contributed by atoms with Crippen LogP contribution in [0.1, 0.15) is 0 Å². The lowest BCUT2D eigenvalue weighted by Gasteiger charge is -1.98. The van der Waals surface area contributed by atoms with Crippen molar-refractivity contribution >= 4 is 11.4 Å². The molecule has 0 aliphatic heterocycles. The molecule has 0 N–H and O–H groups in total. The second kappa shape index (κ2) is 3.61. The Morgan fingerprint density at radius 1 is 1.23 bits per heavy atom. The maximum absolute atomic E-state index is 11.0. The Morgan fingerprint density at radius 2 is 1.77 bits per heavy atom. The fourth-order valence-electron chi connectivity index (χ4n) is 0.888. The first-order valence-corrected chi connectivity index (χ1v) is 3.47. The molecule has 0 bridgehead atoms. The molecule has 0 amide bonds. The van der Waals surface area contributed by atoms with E-state index < -0.39 is 4.92 Å². The molecule has 0 heterocycles. The number of hydrogen-bond acceptors (Lipinski definition) is 4. The number of nitrogens with zero attached hydrogens (tertiary/aromatic N) is 3. The summed E-state index contributed by atoms with van der Waals surface area (Å²) in [7, 11) is 1.27. The van der Waals surface area contributed by atoms with Gasteiger partial charge in [-0.05, 0) is 9.97 Å². The monoisotopic (exact) mass is 181 g/mol. The Balaban J connectivity index is 3.28. The molecular weight excluding hydrogens is 174 g/mol.